The van der Waals surface area contributed by atoms with Gasteiger partial charge >= 0.3 is 5.97 Å². The second-order valence-corrected chi connectivity index (χ2v) is 3.43. The van der Waals surface area contributed by atoms with Crippen LogP contribution in [-0.4, -0.2) is 19.4 Å². The molecule has 1 atom stereocenters. The lowest BCUT2D eigenvalue weighted by Gasteiger charge is -2.09. The van der Waals surface area contributed by atoms with Crippen LogP contribution in [0.2, 0.25) is 0 Å². The van der Waals surface area contributed by atoms with E-state index in [4.69, 9.17) is 0 Å². The molecular weight excluding hydrogens is 192 g/mol. The third-order valence-electron chi connectivity index (χ3n) is 2.28. The van der Waals surface area contributed by atoms with Gasteiger partial charge in [-0.15, -0.1) is 0 Å². The Balaban J connectivity index is 2.78. The normalized spacial score (nSPS) is 11.9. The second kappa shape index (κ2) is 5.29. The molecule has 0 radical (unpaired) electrons. The summed E-state index contributed by atoms with van der Waals surface area (Å²) in [7, 11) is 1.32. The van der Waals surface area contributed by atoms with Crippen LogP contribution in [0.3, 0.4) is 0 Å². The van der Waals surface area contributed by atoms with Gasteiger partial charge in [0, 0.05) is 0 Å². The van der Waals surface area contributed by atoms with E-state index in [-0.39, 0.29) is 12.4 Å². The van der Waals surface area contributed by atoms with Gasteiger partial charge in [-0.2, -0.15) is 0 Å². The van der Waals surface area contributed by atoms with Crippen molar-refractivity contribution in [1.29, 1.82) is 0 Å². The van der Waals surface area contributed by atoms with Crippen LogP contribution in [0.4, 0.5) is 0 Å². The maximum Gasteiger partial charge on any atom is 0.306 e. The quantitative estimate of drug-likeness (QED) is 0.557. The molecule has 0 unspecified atom stereocenters. The molecule has 1 aromatic rings. The predicted molar refractivity (Wildman–Crippen MR) is 56.6 cm³/mol. The monoisotopic (exact) mass is 206 g/mol. The van der Waals surface area contributed by atoms with Gasteiger partial charge in [-0.1, -0.05) is 29.8 Å². The molecule has 0 saturated carbocycles. The number of aryl methyl sites for hydroxylation is 1. The molecule has 1 rings (SSSR count). The van der Waals surface area contributed by atoms with Gasteiger partial charge in [-0.25, -0.2) is 0 Å². The van der Waals surface area contributed by atoms with Crippen molar-refractivity contribution in [3.8, 4) is 0 Å². The third kappa shape index (κ3) is 3.20. The van der Waals surface area contributed by atoms with Gasteiger partial charge in [-0.3, -0.25) is 4.79 Å². The average molecular weight is 206 g/mol. The smallest absolute Gasteiger partial charge is 0.306 e. The zero-order chi connectivity index (χ0) is 11.3. The van der Waals surface area contributed by atoms with E-state index in [0.29, 0.717) is 0 Å². The number of esters is 1. The standard InChI is InChI=1S/C12H14O3/c1-9-3-5-10(6-4-9)11(8-13)7-12(14)15-2/h3-6,8,11H,7H2,1-2H3/t11-/m1/s1. The highest BCUT2D eigenvalue weighted by Gasteiger charge is 2.15. The van der Waals surface area contributed by atoms with Gasteiger partial charge in [0.25, 0.3) is 0 Å². The van der Waals surface area contributed by atoms with E-state index in [1.54, 1.807) is 0 Å². The van der Waals surface area contributed by atoms with Crippen LogP contribution in [0.25, 0.3) is 0 Å². The first-order valence-electron chi connectivity index (χ1n) is 4.76. The third-order valence-corrected chi connectivity index (χ3v) is 2.28. The fourth-order valence-corrected chi connectivity index (χ4v) is 1.32. The molecule has 80 valence electrons. The molecule has 0 aliphatic heterocycles. The zero-order valence-electron chi connectivity index (χ0n) is 8.90. The number of aldehydes is 1. The van der Waals surface area contributed by atoms with Crippen LogP contribution in [0.5, 0.6) is 0 Å². The van der Waals surface area contributed by atoms with E-state index in [1.807, 2.05) is 31.2 Å². The fraction of sp³-hybridized carbons (Fsp3) is 0.333. The number of ether oxygens (including phenoxy) is 1. The minimum absolute atomic E-state index is 0.100. The number of rotatable bonds is 4. The molecule has 0 amide bonds. The lowest BCUT2D eigenvalue weighted by Crippen LogP contribution is -2.09. The molecule has 0 saturated heterocycles. The summed E-state index contributed by atoms with van der Waals surface area (Å²) in [5, 5.41) is 0. The lowest BCUT2D eigenvalue weighted by atomic mass is 9.96. The van der Waals surface area contributed by atoms with Crippen molar-refractivity contribution in [3.05, 3.63) is 35.4 Å². The van der Waals surface area contributed by atoms with E-state index >= 15 is 0 Å². The zero-order valence-corrected chi connectivity index (χ0v) is 8.90. The van der Waals surface area contributed by atoms with Crippen molar-refractivity contribution in [2.75, 3.05) is 7.11 Å². The van der Waals surface area contributed by atoms with Gasteiger partial charge in [0.1, 0.15) is 6.29 Å². The maximum atomic E-state index is 11.0. The second-order valence-electron chi connectivity index (χ2n) is 3.43. The number of carbonyl (C=O) groups excluding carboxylic acids is 2. The highest BCUT2D eigenvalue weighted by Crippen LogP contribution is 2.18. The molecule has 15 heavy (non-hydrogen) atoms. The van der Waals surface area contributed by atoms with Crippen molar-refractivity contribution in [2.24, 2.45) is 0 Å². The van der Waals surface area contributed by atoms with Gasteiger partial charge in [0.2, 0.25) is 0 Å². The molecule has 0 aliphatic rings. The lowest BCUT2D eigenvalue weighted by molar-refractivity contribution is -0.141. The van der Waals surface area contributed by atoms with E-state index in [2.05, 4.69) is 4.74 Å². The first-order valence-corrected chi connectivity index (χ1v) is 4.76. The summed E-state index contributed by atoms with van der Waals surface area (Å²) in [5.41, 5.74) is 1.97. The van der Waals surface area contributed by atoms with Crippen LogP contribution >= 0.6 is 0 Å². The van der Waals surface area contributed by atoms with Crippen LogP contribution in [0, 0.1) is 6.92 Å². The fourth-order valence-electron chi connectivity index (χ4n) is 1.32. The number of benzene rings is 1. The molecule has 1 aromatic carbocycles. The highest BCUT2D eigenvalue weighted by atomic mass is 16.5. The Morgan fingerprint density at radius 2 is 2.00 bits per heavy atom. The Bertz CT molecular complexity index is 340. The minimum Gasteiger partial charge on any atom is -0.469 e. The molecular formula is C12H14O3. The van der Waals surface area contributed by atoms with E-state index in [9.17, 15) is 9.59 Å². The van der Waals surface area contributed by atoms with E-state index in [0.717, 1.165) is 17.4 Å². The molecule has 0 aliphatic carbocycles. The molecule has 0 fully saturated rings. The van der Waals surface area contributed by atoms with Crippen molar-refractivity contribution >= 4 is 12.3 Å². The van der Waals surface area contributed by atoms with Crippen molar-refractivity contribution < 1.29 is 14.3 Å². The molecule has 3 nitrogen and oxygen atoms in total. The topological polar surface area (TPSA) is 43.4 Å². The number of carbonyl (C=O) groups is 2. The number of hydrogen-bond acceptors (Lipinski definition) is 3. The predicted octanol–water partition coefficient (Wildman–Crippen LogP) is 1.84. The summed E-state index contributed by atoms with van der Waals surface area (Å²) < 4.78 is 4.53. The summed E-state index contributed by atoms with van der Waals surface area (Å²) >= 11 is 0. The van der Waals surface area contributed by atoms with E-state index < -0.39 is 5.92 Å². The Morgan fingerprint density at radius 3 is 2.47 bits per heavy atom. The van der Waals surface area contributed by atoms with Gasteiger partial charge < -0.3 is 9.53 Å². The first kappa shape index (κ1) is 11.4. The molecule has 0 spiro atoms. The molecule has 3 heteroatoms. The van der Waals surface area contributed by atoms with Gasteiger partial charge in [0.15, 0.2) is 0 Å². The molecule has 0 aromatic heterocycles. The highest BCUT2D eigenvalue weighted by molar-refractivity contribution is 5.76. The number of hydrogen-bond donors (Lipinski definition) is 0. The van der Waals surface area contributed by atoms with Crippen LogP contribution in [-0.2, 0) is 14.3 Å². The Morgan fingerprint density at radius 1 is 1.40 bits per heavy atom. The average Bonchev–Trinajstić information content (AvgIpc) is 2.27. The molecule has 0 N–H and O–H groups in total. The maximum absolute atomic E-state index is 11.0. The van der Waals surface area contributed by atoms with Crippen molar-refractivity contribution in [3.63, 3.8) is 0 Å². The number of methoxy groups -OCH3 is 1. The molecule has 0 heterocycles. The Kier molecular flexibility index (Phi) is 4.03. The molecule has 0 bridgehead atoms. The van der Waals surface area contributed by atoms with Crippen LogP contribution in [0.1, 0.15) is 23.5 Å². The summed E-state index contributed by atoms with van der Waals surface area (Å²) in [6, 6.07) is 7.56. The SMILES string of the molecule is COC(=O)C[C@H](C=O)c1ccc(C)cc1. The summed E-state index contributed by atoms with van der Waals surface area (Å²) in [5.74, 6) is -0.772. The van der Waals surface area contributed by atoms with Gasteiger partial charge in [0.05, 0.1) is 19.4 Å². The summed E-state index contributed by atoms with van der Waals surface area (Å²) in [4.78, 5) is 21.9. The van der Waals surface area contributed by atoms with Crippen molar-refractivity contribution in [1.82, 2.24) is 0 Å². The first-order chi connectivity index (χ1) is 7.17. The largest absolute Gasteiger partial charge is 0.469 e. The summed E-state index contributed by atoms with van der Waals surface area (Å²) in [6.45, 7) is 1.97. The van der Waals surface area contributed by atoms with Crippen LogP contribution < -0.4 is 0 Å². The Hall–Kier alpha value is -1.64. The Labute approximate surface area is 89.1 Å². The summed E-state index contributed by atoms with van der Waals surface area (Å²) in [6.07, 6.45) is 0.880. The minimum atomic E-state index is -0.405. The van der Waals surface area contributed by atoms with E-state index in [1.165, 1.54) is 7.11 Å². The van der Waals surface area contributed by atoms with Gasteiger partial charge in [-0.05, 0) is 12.5 Å². The van der Waals surface area contributed by atoms with Crippen molar-refractivity contribution in [2.45, 2.75) is 19.3 Å². The van der Waals surface area contributed by atoms with Crippen LogP contribution in [0.15, 0.2) is 24.3 Å².